The van der Waals surface area contributed by atoms with Crippen LogP contribution in [-0.4, -0.2) is 27.0 Å². The molecule has 0 aliphatic carbocycles. The maximum Gasteiger partial charge on any atom is 0.266 e. The van der Waals surface area contributed by atoms with E-state index >= 15 is 0 Å². The molecule has 0 bridgehead atoms. The fourth-order valence-corrected chi connectivity index (χ4v) is 2.92. The molecule has 0 spiro atoms. The fourth-order valence-electron chi connectivity index (χ4n) is 2.92. The number of aromatic nitrogens is 4. The quantitative estimate of drug-likeness (QED) is 0.503. The molecule has 0 aliphatic rings. The van der Waals surface area contributed by atoms with E-state index in [1.165, 1.54) is 16.3 Å². The van der Waals surface area contributed by atoms with Crippen LogP contribution < -0.4 is 10.3 Å². The van der Waals surface area contributed by atoms with Gasteiger partial charge in [0, 0.05) is 23.6 Å². The molecule has 0 N–H and O–H groups in total. The van der Waals surface area contributed by atoms with Crippen molar-refractivity contribution < 1.29 is 9.26 Å². The molecule has 7 nitrogen and oxygen atoms in total. The first-order chi connectivity index (χ1) is 14.1. The minimum absolute atomic E-state index is 0.185. The number of rotatable bonds is 6. The number of aryl methyl sites for hydroxylation is 3. The average molecular weight is 388 g/mol. The zero-order valence-corrected chi connectivity index (χ0v) is 16.2. The van der Waals surface area contributed by atoms with Gasteiger partial charge in [-0.15, -0.1) is 0 Å². The number of ether oxygens (including phenoxy) is 1. The van der Waals surface area contributed by atoms with Crippen molar-refractivity contribution in [2.24, 2.45) is 0 Å². The number of hydrogen-bond acceptors (Lipinski definition) is 6. The van der Waals surface area contributed by atoms with Crippen LogP contribution in [-0.2, 0) is 13.0 Å². The third-order valence-electron chi connectivity index (χ3n) is 4.55. The molecule has 0 radical (unpaired) electrons. The zero-order valence-electron chi connectivity index (χ0n) is 16.2. The monoisotopic (exact) mass is 388 g/mol. The Balaban J connectivity index is 1.51. The highest BCUT2D eigenvalue weighted by Crippen LogP contribution is 2.21. The lowest BCUT2D eigenvalue weighted by molar-refractivity contribution is 0.368. The van der Waals surface area contributed by atoms with Crippen LogP contribution >= 0.6 is 0 Å². The molecule has 146 valence electrons. The summed E-state index contributed by atoms with van der Waals surface area (Å²) in [5, 5.41) is 8.49. The van der Waals surface area contributed by atoms with Gasteiger partial charge in [-0.2, -0.15) is 10.1 Å². The van der Waals surface area contributed by atoms with Crippen molar-refractivity contribution in [3.05, 3.63) is 82.5 Å². The lowest BCUT2D eigenvalue weighted by Crippen LogP contribution is -2.23. The van der Waals surface area contributed by atoms with E-state index in [0.29, 0.717) is 30.4 Å². The van der Waals surface area contributed by atoms with Crippen LogP contribution in [0.5, 0.6) is 5.75 Å². The van der Waals surface area contributed by atoms with Crippen molar-refractivity contribution in [3.63, 3.8) is 0 Å². The predicted octanol–water partition coefficient (Wildman–Crippen LogP) is 3.52. The molecule has 0 amide bonds. The number of hydrogen-bond donors (Lipinski definition) is 0. The summed E-state index contributed by atoms with van der Waals surface area (Å²) in [5.74, 6) is 1.73. The number of methoxy groups -OCH3 is 1. The molecule has 0 saturated carbocycles. The van der Waals surface area contributed by atoms with Crippen LogP contribution in [0.3, 0.4) is 0 Å². The number of nitrogens with zero attached hydrogens (tertiary/aromatic N) is 4. The Labute approximate surface area is 167 Å². The van der Waals surface area contributed by atoms with E-state index in [2.05, 4.69) is 15.2 Å². The van der Waals surface area contributed by atoms with Crippen LogP contribution in [0.4, 0.5) is 0 Å². The molecule has 0 atom stereocenters. The maximum atomic E-state index is 12.2. The second-order valence-corrected chi connectivity index (χ2v) is 6.64. The van der Waals surface area contributed by atoms with Gasteiger partial charge in [0.05, 0.1) is 19.3 Å². The molecule has 4 rings (SSSR count). The fraction of sp³-hybridized carbons (Fsp3) is 0.182. The van der Waals surface area contributed by atoms with Gasteiger partial charge in [-0.1, -0.05) is 47.1 Å². The van der Waals surface area contributed by atoms with E-state index in [4.69, 9.17) is 9.26 Å². The average Bonchev–Trinajstić information content (AvgIpc) is 3.23. The molecule has 7 heteroatoms. The highest BCUT2D eigenvalue weighted by Gasteiger charge is 2.10. The van der Waals surface area contributed by atoms with Gasteiger partial charge in [0.25, 0.3) is 5.56 Å². The lowest BCUT2D eigenvalue weighted by atomic mass is 10.1. The summed E-state index contributed by atoms with van der Waals surface area (Å²) in [6, 6.07) is 18.7. The summed E-state index contributed by atoms with van der Waals surface area (Å²) in [6.07, 6.45) is 0.410. The minimum atomic E-state index is -0.185. The predicted molar refractivity (Wildman–Crippen MR) is 109 cm³/mol. The largest absolute Gasteiger partial charge is 0.497 e. The van der Waals surface area contributed by atoms with E-state index in [9.17, 15) is 4.79 Å². The first-order valence-corrected chi connectivity index (χ1v) is 9.24. The summed E-state index contributed by atoms with van der Waals surface area (Å²) in [4.78, 5) is 16.6. The minimum Gasteiger partial charge on any atom is -0.497 e. The van der Waals surface area contributed by atoms with Gasteiger partial charge < -0.3 is 9.26 Å². The summed E-state index contributed by atoms with van der Waals surface area (Å²) >= 11 is 0. The molecular formula is C22H20N4O3. The smallest absolute Gasteiger partial charge is 0.266 e. The molecule has 0 saturated heterocycles. The summed E-state index contributed by atoms with van der Waals surface area (Å²) < 4.78 is 12.0. The van der Waals surface area contributed by atoms with Gasteiger partial charge in [-0.25, -0.2) is 4.68 Å². The van der Waals surface area contributed by atoms with Crippen molar-refractivity contribution in [1.82, 2.24) is 19.9 Å². The normalized spacial score (nSPS) is 10.8. The summed E-state index contributed by atoms with van der Waals surface area (Å²) in [7, 11) is 1.61. The Morgan fingerprint density at radius 1 is 1.03 bits per heavy atom. The molecule has 0 fully saturated rings. The zero-order chi connectivity index (χ0) is 20.2. The van der Waals surface area contributed by atoms with E-state index in [-0.39, 0.29) is 5.56 Å². The first kappa shape index (κ1) is 18.6. The molecule has 2 heterocycles. The van der Waals surface area contributed by atoms with E-state index in [0.717, 1.165) is 16.9 Å². The van der Waals surface area contributed by atoms with Gasteiger partial charge in [-0.05, 0) is 25.1 Å². The summed E-state index contributed by atoms with van der Waals surface area (Å²) in [5.41, 5.74) is 3.43. The van der Waals surface area contributed by atoms with Crippen LogP contribution in [0.15, 0.2) is 70.0 Å². The molecule has 0 aliphatic heterocycles. The van der Waals surface area contributed by atoms with Crippen LogP contribution in [0.25, 0.3) is 22.6 Å². The lowest BCUT2D eigenvalue weighted by Gasteiger charge is -2.07. The van der Waals surface area contributed by atoms with Gasteiger partial charge >= 0.3 is 0 Å². The second kappa shape index (κ2) is 8.10. The van der Waals surface area contributed by atoms with Crippen LogP contribution in [0.2, 0.25) is 0 Å². The molecule has 4 aromatic rings. The topological polar surface area (TPSA) is 83.0 Å². The van der Waals surface area contributed by atoms with Gasteiger partial charge in [-0.3, -0.25) is 4.79 Å². The Kier molecular flexibility index (Phi) is 5.20. The standard InChI is InChI=1S/C22H20N4O3/c1-15-6-8-16(9-7-15)22-23-20(29-25-22)12-13-26-21(27)11-10-19(24-26)17-4-3-5-18(14-17)28-2/h3-11,14H,12-13H2,1-2H3. The van der Waals surface area contributed by atoms with Crippen molar-refractivity contribution >= 4 is 0 Å². The molecule has 29 heavy (non-hydrogen) atoms. The molecule has 2 aromatic heterocycles. The van der Waals surface area contributed by atoms with Gasteiger partial charge in [0.1, 0.15) is 5.75 Å². The van der Waals surface area contributed by atoms with E-state index < -0.39 is 0 Å². The molecule has 2 aromatic carbocycles. The van der Waals surface area contributed by atoms with E-state index in [1.54, 1.807) is 13.2 Å². The van der Waals surface area contributed by atoms with Crippen molar-refractivity contribution in [1.29, 1.82) is 0 Å². The first-order valence-electron chi connectivity index (χ1n) is 9.24. The van der Waals surface area contributed by atoms with Gasteiger partial charge in [0.2, 0.25) is 11.7 Å². The Morgan fingerprint density at radius 3 is 2.66 bits per heavy atom. The second-order valence-electron chi connectivity index (χ2n) is 6.64. The summed E-state index contributed by atoms with van der Waals surface area (Å²) in [6.45, 7) is 2.36. The van der Waals surface area contributed by atoms with Crippen molar-refractivity contribution in [2.75, 3.05) is 7.11 Å². The maximum absolute atomic E-state index is 12.2. The number of benzene rings is 2. The van der Waals surface area contributed by atoms with Crippen LogP contribution in [0, 0.1) is 6.92 Å². The Bertz CT molecular complexity index is 1180. The highest BCUT2D eigenvalue weighted by molar-refractivity contribution is 5.60. The third kappa shape index (κ3) is 4.24. The van der Waals surface area contributed by atoms with E-state index in [1.807, 2.05) is 55.5 Å². The van der Waals surface area contributed by atoms with Crippen LogP contribution in [0.1, 0.15) is 11.5 Å². The third-order valence-corrected chi connectivity index (χ3v) is 4.55. The van der Waals surface area contributed by atoms with Crippen molar-refractivity contribution in [3.8, 4) is 28.4 Å². The molecule has 0 unspecified atom stereocenters. The highest BCUT2D eigenvalue weighted by atomic mass is 16.5. The van der Waals surface area contributed by atoms with Crippen molar-refractivity contribution in [2.45, 2.75) is 19.9 Å². The van der Waals surface area contributed by atoms with Gasteiger partial charge in [0.15, 0.2) is 0 Å². The SMILES string of the molecule is COc1cccc(-c2ccc(=O)n(CCc3nc(-c4ccc(C)cc4)no3)n2)c1. The molecular weight excluding hydrogens is 368 g/mol. The Hall–Kier alpha value is -3.74. The Morgan fingerprint density at radius 2 is 1.86 bits per heavy atom.